The van der Waals surface area contributed by atoms with E-state index in [2.05, 4.69) is 17.1 Å². The summed E-state index contributed by atoms with van der Waals surface area (Å²) in [6.07, 6.45) is 0.775. The molecule has 3 nitrogen and oxygen atoms in total. The normalized spacial score (nSPS) is 14.1. The number of fused-ring (bicyclic) bond motifs is 1. The monoisotopic (exact) mass is 237 g/mol. The highest BCUT2D eigenvalue weighted by molar-refractivity contribution is 8.14. The van der Waals surface area contributed by atoms with Gasteiger partial charge in [-0.15, -0.1) is 11.8 Å². The van der Waals surface area contributed by atoms with Crippen LogP contribution in [-0.4, -0.2) is 31.3 Å². The van der Waals surface area contributed by atoms with Crippen molar-refractivity contribution in [1.82, 2.24) is 0 Å². The van der Waals surface area contributed by atoms with Gasteiger partial charge >= 0.3 is 0 Å². The molecule has 0 unspecified atom stereocenters. The van der Waals surface area contributed by atoms with Crippen LogP contribution in [0, 0.1) is 0 Å². The number of rotatable bonds is 4. The fourth-order valence-electron chi connectivity index (χ4n) is 1.59. The zero-order valence-corrected chi connectivity index (χ0v) is 10.3. The summed E-state index contributed by atoms with van der Waals surface area (Å²) < 4.78 is 10.3. The number of thioether (sulfide) groups is 1. The van der Waals surface area contributed by atoms with Gasteiger partial charge in [0.25, 0.3) is 0 Å². The fraction of sp³-hybridized carbons (Fsp3) is 0.417. The molecule has 0 spiro atoms. The summed E-state index contributed by atoms with van der Waals surface area (Å²) in [6, 6.07) is 8.24. The van der Waals surface area contributed by atoms with Crippen LogP contribution >= 0.6 is 11.8 Å². The van der Waals surface area contributed by atoms with E-state index >= 15 is 0 Å². The largest absolute Gasteiger partial charge is 0.355 e. The Kier molecular flexibility index (Phi) is 3.98. The van der Waals surface area contributed by atoms with Gasteiger partial charge in [0.2, 0.25) is 0 Å². The lowest BCUT2D eigenvalue weighted by molar-refractivity contribution is -0.0841. The van der Waals surface area contributed by atoms with Gasteiger partial charge in [-0.3, -0.25) is 0 Å². The quantitative estimate of drug-likeness (QED) is 0.754. The number of ether oxygens (including phenoxy) is 2. The zero-order chi connectivity index (χ0) is 11.4. The van der Waals surface area contributed by atoms with Crippen LogP contribution in [0.5, 0.6) is 0 Å². The molecule has 0 amide bonds. The number of hydrogen-bond acceptors (Lipinski definition) is 4. The van der Waals surface area contributed by atoms with Gasteiger partial charge in [0.1, 0.15) is 0 Å². The zero-order valence-electron chi connectivity index (χ0n) is 9.47. The maximum Gasteiger partial charge on any atom is 0.166 e. The molecule has 1 aliphatic rings. The van der Waals surface area contributed by atoms with E-state index < -0.39 is 0 Å². The number of hydrogen-bond donors (Lipinski definition) is 0. The highest BCUT2D eigenvalue weighted by atomic mass is 32.2. The average molecular weight is 237 g/mol. The van der Waals surface area contributed by atoms with Crippen LogP contribution in [0.2, 0.25) is 0 Å². The van der Waals surface area contributed by atoms with E-state index in [1.54, 1.807) is 26.0 Å². The maximum absolute atomic E-state index is 5.14. The van der Waals surface area contributed by atoms with E-state index in [0.29, 0.717) is 0 Å². The summed E-state index contributed by atoms with van der Waals surface area (Å²) in [7, 11) is 3.31. The molecule has 0 radical (unpaired) electrons. The molecule has 0 atom stereocenters. The molecular formula is C12H15NO2S. The number of aliphatic imine (C=N–C) groups is 1. The molecule has 0 aromatic heterocycles. The van der Waals surface area contributed by atoms with Gasteiger partial charge in [0, 0.05) is 20.6 Å². The Morgan fingerprint density at radius 1 is 1.31 bits per heavy atom. The first-order chi connectivity index (χ1) is 7.83. The van der Waals surface area contributed by atoms with Crippen molar-refractivity contribution in [3.8, 4) is 0 Å². The van der Waals surface area contributed by atoms with Gasteiger partial charge in [-0.25, -0.2) is 4.99 Å². The summed E-state index contributed by atoms with van der Waals surface area (Å²) >= 11 is 1.70. The van der Waals surface area contributed by atoms with E-state index in [1.165, 1.54) is 5.56 Å². The van der Waals surface area contributed by atoms with E-state index in [4.69, 9.17) is 9.47 Å². The molecule has 1 heterocycles. The average Bonchev–Trinajstić information content (AvgIpc) is 2.73. The Bertz CT molecular complexity index is 388. The Morgan fingerprint density at radius 3 is 2.75 bits per heavy atom. The van der Waals surface area contributed by atoms with Gasteiger partial charge in [-0.2, -0.15) is 0 Å². The molecule has 1 aromatic carbocycles. The molecule has 0 aliphatic carbocycles. The molecule has 0 bridgehead atoms. The molecule has 0 saturated heterocycles. The van der Waals surface area contributed by atoms with Gasteiger partial charge in [0.15, 0.2) is 6.29 Å². The molecule has 1 aromatic rings. The first-order valence-electron chi connectivity index (χ1n) is 5.17. The second kappa shape index (κ2) is 5.48. The van der Waals surface area contributed by atoms with Crippen molar-refractivity contribution in [3.05, 3.63) is 29.8 Å². The molecule has 0 saturated carbocycles. The lowest BCUT2D eigenvalue weighted by atomic mass is 10.2. The molecule has 0 fully saturated rings. The van der Waals surface area contributed by atoms with Gasteiger partial charge in [0.05, 0.1) is 16.5 Å². The summed E-state index contributed by atoms with van der Waals surface area (Å²) in [6.45, 7) is 0. The Morgan fingerprint density at radius 2 is 2.06 bits per heavy atom. The molecule has 1 aliphatic heterocycles. The first-order valence-corrected chi connectivity index (χ1v) is 6.16. The second-order valence-electron chi connectivity index (χ2n) is 3.52. The van der Waals surface area contributed by atoms with Crippen LogP contribution in [0.25, 0.3) is 0 Å². The third-order valence-electron chi connectivity index (χ3n) is 2.49. The number of nitrogens with zero attached hydrogens (tertiary/aromatic N) is 1. The molecule has 16 heavy (non-hydrogen) atoms. The standard InChI is InChI=1S/C12H15NO2S/c1-14-12(15-2)8-16-11-7-9-5-3-4-6-10(9)13-11/h3-6,12H,7-8H2,1-2H3. The van der Waals surface area contributed by atoms with Crippen molar-refractivity contribution >= 4 is 22.5 Å². The minimum absolute atomic E-state index is 0.156. The second-order valence-corrected chi connectivity index (χ2v) is 4.62. The summed E-state index contributed by atoms with van der Waals surface area (Å²) in [5.74, 6) is 0.778. The van der Waals surface area contributed by atoms with Crippen molar-refractivity contribution in [2.24, 2.45) is 4.99 Å². The number of methoxy groups -OCH3 is 2. The van der Waals surface area contributed by atoms with E-state index in [0.717, 1.165) is 22.9 Å². The SMILES string of the molecule is COC(CSC1=Nc2ccccc2C1)OC. The predicted octanol–water partition coefficient (Wildman–Crippen LogP) is 2.62. The van der Waals surface area contributed by atoms with Crippen molar-refractivity contribution in [2.75, 3.05) is 20.0 Å². The highest BCUT2D eigenvalue weighted by Crippen LogP contribution is 2.30. The van der Waals surface area contributed by atoms with Crippen LogP contribution in [0.4, 0.5) is 5.69 Å². The Hall–Kier alpha value is -0.840. The lowest BCUT2D eigenvalue weighted by Crippen LogP contribution is -2.16. The molecule has 2 rings (SSSR count). The molecular weight excluding hydrogens is 222 g/mol. The van der Waals surface area contributed by atoms with Crippen LogP contribution in [0.1, 0.15) is 5.56 Å². The number of para-hydroxylation sites is 1. The lowest BCUT2D eigenvalue weighted by Gasteiger charge is -2.11. The summed E-state index contributed by atoms with van der Waals surface area (Å²) in [5.41, 5.74) is 2.40. The smallest absolute Gasteiger partial charge is 0.166 e. The molecule has 4 heteroatoms. The van der Waals surface area contributed by atoms with Crippen LogP contribution in [0.15, 0.2) is 29.3 Å². The van der Waals surface area contributed by atoms with Crippen molar-refractivity contribution in [1.29, 1.82) is 0 Å². The minimum Gasteiger partial charge on any atom is -0.355 e. The summed E-state index contributed by atoms with van der Waals surface area (Å²) in [5, 5.41) is 1.14. The van der Waals surface area contributed by atoms with Crippen molar-refractivity contribution in [2.45, 2.75) is 12.7 Å². The molecule has 0 N–H and O–H groups in total. The minimum atomic E-state index is -0.156. The third kappa shape index (κ3) is 2.64. The summed E-state index contributed by atoms with van der Waals surface area (Å²) in [4.78, 5) is 4.56. The first kappa shape index (κ1) is 11.6. The van der Waals surface area contributed by atoms with Gasteiger partial charge in [-0.1, -0.05) is 18.2 Å². The molecule has 86 valence electrons. The van der Waals surface area contributed by atoms with E-state index in [9.17, 15) is 0 Å². The highest BCUT2D eigenvalue weighted by Gasteiger charge is 2.15. The topological polar surface area (TPSA) is 30.8 Å². The van der Waals surface area contributed by atoms with Crippen LogP contribution in [-0.2, 0) is 15.9 Å². The van der Waals surface area contributed by atoms with Gasteiger partial charge in [-0.05, 0) is 11.6 Å². The Balaban J connectivity index is 1.91. The van der Waals surface area contributed by atoms with Crippen LogP contribution < -0.4 is 0 Å². The van der Waals surface area contributed by atoms with Crippen molar-refractivity contribution in [3.63, 3.8) is 0 Å². The van der Waals surface area contributed by atoms with Gasteiger partial charge < -0.3 is 9.47 Å². The van der Waals surface area contributed by atoms with Crippen LogP contribution in [0.3, 0.4) is 0 Å². The van der Waals surface area contributed by atoms with E-state index in [1.807, 2.05) is 12.1 Å². The maximum atomic E-state index is 5.14. The van der Waals surface area contributed by atoms with E-state index in [-0.39, 0.29) is 6.29 Å². The Labute approximate surface area is 99.9 Å². The number of benzene rings is 1. The fourth-order valence-corrected chi connectivity index (χ4v) is 2.61. The predicted molar refractivity (Wildman–Crippen MR) is 67.5 cm³/mol. The van der Waals surface area contributed by atoms with Crippen molar-refractivity contribution < 1.29 is 9.47 Å². The third-order valence-corrected chi connectivity index (χ3v) is 3.50.